The molecule has 0 spiro atoms. The topological polar surface area (TPSA) is 104 Å². The minimum atomic E-state index is -0.830. The highest BCUT2D eigenvalue weighted by molar-refractivity contribution is 7.18. The van der Waals surface area contributed by atoms with Crippen LogP contribution in [0.5, 0.6) is 0 Å². The van der Waals surface area contributed by atoms with E-state index in [1.165, 1.54) is 12.1 Å². The molecule has 0 radical (unpaired) electrons. The van der Waals surface area contributed by atoms with Crippen LogP contribution in [0, 0.1) is 18.7 Å². The number of aryl methyl sites for hydroxylation is 1. The molecule has 1 heterocycles. The van der Waals surface area contributed by atoms with E-state index in [1.807, 2.05) is 6.92 Å². The molecule has 1 aromatic carbocycles. The van der Waals surface area contributed by atoms with Crippen LogP contribution in [0.15, 0.2) is 18.2 Å². The van der Waals surface area contributed by atoms with E-state index in [2.05, 4.69) is 20.8 Å². The number of amides is 2. The molecule has 2 atom stereocenters. The average molecular weight is 364 g/mol. The standard InChI is InChI=1S/C16H17FN4O3S/c1-8-2-4-10(17)7-12(8)13-20-21-16(25-13)19-15(24)18-11-5-3-9(6-11)14(22)23/h2,4,7,9,11H,3,5-6H2,1H3,(H,22,23)(H2,18,19,21,24)/t9-,11+/m0/s1. The van der Waals surface area contributed by atoms with Crippen LogP contribution >= 0.6 is 11.3 Å². The number of carbonyl (C=O) groups excluding carboxylic acids is 1. The summed E-state index contributed by atoms with van der Waals surface area (Å²) in [5.74, 6) is -1.60. The van der Waals surface area contributed by atoms with Crippen molar-refractivity contribution in [1.82, 2.24) is 15.5 Å². The third kappa shape index (κ3) is 4.11. The molecular formula is C16H17FN4O3S. The van der Waals surface area contributed by atoms with Crippen molar-refractivity contribution in [3.63, 3.8) is 0 Å². The smallest absolute Gasteiger partial charge is 0.321 e. The fourth-order valence-electron chi connectivity index (χ4n) is 2.86. The summed E-state index contributed by atoms with van der Waals surface area (Å²) in [6.45, 7) is 1.84. The number of carboxylic acid groups (broad SMARTS) is 1. The number of urea groups is 1. The average Bonchev–Trinajstić information content (AvgIpc) is 3.19. The van der Waals surface area contributed by atoms with E-state index in [0.717, 1.165) is 16.9 Å². The van der Waals surface area contributed by atoms with Gasteiger partial charge in [0.25, 0.3) is 0 Å². The zero-order valence-corrected chi connectivity index (χ0v) is 14.3. The Labute approximate surface area is 147 Å². The van der Waals surface area contributed by atoms with Gasteiger partial charge >= 0.3 is 12.0 Å². The Morgan fingerprint density at radius 2 is 2.12 bits per heavy atom. The predicted molar refractivity (Wildman–Crippen MR) is 91.0 cm³/mol. The van der Waals surface area contributed by atoms with Gasteiger partial charge in [-0.25, -0.2) is 9.18 Å². The number of benzene rings is 1. The molecule has 1 aliphatic carbocycles. The summed E-state index contributed by atoms with van der Waals surface area (Å²) in [4.78, 5) is 23.0. The third-order valence-electron chi connectivity index (χ3n) is 4.19. The Kier molecular flexibility index (Phi) is 4.93. The van der Waals surface area contributed by atoms with Crippen LogP contribution in [0.4, 0.5) is 14.3 Å². The van der Waals surface area contributed by atoms with E-state index in [1.54, 1.807) is 6.07 Å². The quantitative estimate of drug-likeness (QED) is 0.773. The van der Waals surface area contributed by atoms with E-state index in [-0.39, 0.29) is 11.9 Å². The molecule has 0 saturated heterocycles. The highest BCUT2D eigenvalue weighted by Gasteiger charge is 2.30. The van der Waals surface area contributed by atoms with Crippen molar-refractivity contribution in [1.29, 1.82) is 0 Å². The highest BCUT2D eigenvalue weighted by Crippen LogP contribution is 2.30. The third-order valence-corrected chi connectivity index (χ3v) is 5.06. The van der Waals surface area contributed by atoms with E-state index < -0.39 is 17.9 Å². The number of halogens is 1. The van der Waals surface area contributed by atoms with Crippen molar-refractivity contribution in [2.45, 2.75) is 32.2 Å². The van der Waals surface area contributed by atoms with Gasteiger partial charge in [-0.2, -0.15) is 0 Å². The Hall–Kier alpha value is -2.55. The molecule has 2 aromatic rings. The Morgan fingerprint density at radius 1 is 1.32 bits per heavy atom. The van der Waals surface area contributed by atoms with Gasteiger partial charge in [0, 0.05) is 11.6 Å². The molecule has 0 aliphatic heterocycles. The van der Waals surface area contributed by atoms with Gasteiger partial charge in [-0.3, -0.25) is 10.1 Å². The van der Waals surface area contributed by atoms with Crippen LogP contribution in [0.3, 0.4) is 0 Å². The molecule has 0 bridgehead atoms. The maximum atomic E-state index is 13.4. The lowest BCUT2D eigenvalue weighted by atomic mass is 10.1. The number of nitrogens with one attached hydrogen (secondary N) is 2. The van der Waals surface area contributed by atoms with E-state index in [4.69, 9.17) is 5.11 Å². The molecule has 2 amide bonds. The summed E-state index contributed by atoms with van der Waals surface area (Å²) >= 11 is 1.15. The number of nitrogens with zero attached hydrogens (tertiary/aromatic N) is 2. The maximum absolute atomic E-state index is 13.4. The second-order valence-electron chi connectivity index (χ2n) is 6.02. The zero-order valence-electron chi connectivity index (χ0n) is 13.5. The Morgan fingerprint density at radius 3 is 2.84 bits per heavy atom. The molecule has 3 N–H and O–H groups in total. The van der Waals surface area contributed by atoms with Crippen molar-refractivity contribution in [2.75, 3.05) is 5.32 Å². The first kappa shape index (κ1) is 17.3. The Balaban J connectivity index is 1.61. The zero-order chi connectivity index (χ0) is 18.0. The number of carboxylic acids is 1. The van der Waals surface area contributed by atoms with Crippen LogP contribution in [-0.4, -0.2) is 33.3 Å². The molecule has 1 saturated carbocycles. The second kappa shape index (κ2) is 7.14. The predicted octanol–water partition coefficient (Wildman–Crippen LogP) is 3.03. The molecule has 3 rings (SSSR count). The van der Waals surface area contributed by atoms with Crippen LogP contribution < -0.4 is 10.6 Å². The molecule has 9 heteroatoms. The summed E-state index contributed by atoms with van der Waals surface area (Å²) in [6.07, 6.45) is 1.61. The molecule has 1 aromatic heterocycles. The molecule has 7 nitrogen and oxygen atoms in total. The van der Waals surface area contributed by atoms with Gasteiger partial charge in [0.05, 0.1) is 5.92 Å². The van der Waals surface area contributed by atoms with E-state index in [9.17, 15) is 14.0 Å². The largest absolute Gasteiger partial charge is 0.481 e. The number of hydrogen-bond donors (Lipinski definition) is 3. The lowest BCUT2D eigenvalue weighted by Crippen LogP contribution is -2.36. The first-order valence-electron chi connectivity index (χ1n) is 7.82. The summed E-state index contributed by atoms with van der Waals surface area (Å²) in [5.41, 5.74) is 1.49. The number of hydrogen-bond acceptors (Lipinski definition) is 5. The van der Waals surface area contributed by atoms with E-state index in [0.29, 0.717) is 35.0 Å². The summed E-state index contributed by atoms with van der Waals surface area (Å²) in [6, 6.07) is 3.79. The van der Waals surface area contributed by atoms with Gasteiger partial charge in [0.1, 0.15) is 10.8 Å². The molecule has 25 heavy (non-hydrogen) atoms. The van der Waals surface area contributed by atoms with Gasteiger partial charge in [-0.15, -0.1) is 10.2 Å². The number of carbonyl (C=O) groups is 2. The Bertz CT molecular complexity index is 810. The van der Waals surface area contributed by atoms with Crippen LogP contribution in [0.25, 0.3) is 10.6 Å². The first-order valence-corrected chi connectivity index (χ1v) is 8.64. The van der Waals surface area contributed by atoms with Crippen molar-refractivity contribution in [3.8, 4) is 10.6 Å². The SMILES string of the molecule is Cc1ccc(F)cc1-c1nnc(NC(=O)N[C@@H]2CC[C@H](C(=O)O)C2)s1. The molecule has 1 fully saturated rings. The van der Waals surface area contributed by atoms with Crippen molar-refractivity contribution >= 4 is 28.5 Å². The monoisotopic (exact) mass is 364 g/mol. The lowest BCUT2D eigenvalue weighted by molar-refractivity contribution is -0.141. The normalized spacial score (nSPS) is 19.6. The number of rotatable bonds is 4. The summed E-state index contributed by atoms with van der Waals surface area (Å²) in [7, 11) is 0. The lowest BCUT2D eigenvalue weighted by Gasteiger charge is -2.11. The summed E-state index contributed by atoms with van der Waals surface area (Å²) in [5, 5.41) is 23.0. The molecule has 132 valence electrons. The first-order chi connectivity index (χ1) is 11.9. The minimum absolute atomic E-state index is 0.168. The van der Waals surface area contributed by atoms with Gasteiger partial charge in [-0.1, -0.05) is 17.4 Å². The van der Waals surface area contributed by atoms with Crippen LogP contribution in [-0.2, 0) is 4.79 Å². The fourth-order valence-corrected chi connectivity index (χ4v) is 3.68. The second-order valence-corrected chi connectivity index (χ2v) is 6.99. The number of anilines is 1. The highest BCUT2D eigenvalue weighted by atomic mass is 32.1. The van der Waals surface area contributed by atoms with Gasteiger partial charge < -0.3 is 10.4 Å². The minimum Gasteiger partial charge on any atom is -0.481 e. The van der Waals surface area contributed by atoms with E-state index >= 15 is 0 Å². The molecule has 1 aliphatic rings. The number of aromatic nitrogens is 2. The summed E-state index contributed by atoms with van der Waals surface area (Å²) < 4.78 is 13.4. The van der Waals surface area contributed by atoms with Gasteiger partial charge in [0.15, 0.2) is 0 Å². The van der Waals surface area contributed by atoms with Gasteiger partial charge in [-0.05, 0) is 43.9 Å². The van der Waals surface area contributed by atoms with Crippen molar-refractivity contribution < 1.29 is 19.1 Å². The van der Waals surface area contributed by atoms with Crippen LogP contribution in [0.1, 0.15) is 24.8 Å². The molecule has 0 unspecified atom stereocenters. The van der Waals surface area contributed by atoms with Crippen molar-refractivity contribution in [3.05, 3.63) is 29.6 Å². The fraction of sp³-hybridized carbons (Fsp3) is 0.375. The van der Waals surface area contributed by atoms with Crippen molar-refractivity contribution in [2.24, 2.45) is 5.92 Å². The van der Waals surface area contributed by atoms with Gasteiger partial charge in [0.2, 0.25) is 5.13 Å². The molecular weight excluding hydrogens is 347 g/mol. The number of aliphatic carboxylic acids is 1. The van der Waals surface area contributed by atoms with Crippen LogP contribution in [0.2, 0.25) is 0 Å². The maximum Gasteiger partial charge on any atom is 0.321 e.